The molecule has 0 bridgehead atoms. The number of fused-ring (bicyclic) bond motifs is 1. The molecule has 7 nitrogen and oxygen atoms in total. The number of nitrogens with zero attached hydrogens (tertiary/aromatic N) is 3. The summed E-state index contributed by atoms with van der Waals surface area (Å²) in [4.78, 5) is 14.8. The van der Waals surface area contributed by atoms with Crippen LogP contribution in [0.1, 0.15) is 13.8 Å². The summed E-state index contributed by atoms with van der Waals surface area (Å²) in [5, 5.41) is 5.53. The van der Waals surface area contributed by atoms with Gasteiger partial charge in [-0.15, -0.1) is 11.3 Å². The minimum absolute atomic E-state index is 0.227. The maximum atomic E-state index is 12.5. The molecule has 0 aliphatic heterocycles. The highest BCUT2D eigenvalue weighted by molar-refractivity contribution is 7.91. The molecule has 9 heteroatoms. The van der Waals surface area contributed by atoms with Crippen LogP contribution in [-0.4, -0.2) is 61.3 Å². The lowest BCUT2D eigenvalue weighted by molar-refractivity contribution is -0.116. The van der Waals surface area contributed by atoms with Crippen LogP contribution in [0.2, 0.25) is 0 Å². The minimum Gasteiger partial charge on any atom is -0.346 e. The van der Waals surface area contributed by atoms with E-state index in [1.807, 2.05) is 24.3 Å². The first kappa shape index (κ1) is 22.5. The van der Waals surface area contributed by atoms with E-state index in [0.29, 0.717) is 5.69 Å². The number of aromatic nitrogens is 1. The molecule has 0 aliphatic rings. The third-order valence-corrected chi connectivity index (χ3v) is 8.31. The Bertz CT molecular complexity index is 1090. The van der Waals surface area contributed by atoms with Gasteiger partial charge in [0.05, 0.1) is 6.54 Å². The number of hydrogen-bond acceptors (Lipinski definition) is 5. The Morgan fingerprint density at radius 2 is 1.93 bits per heavy atom. The highest BCUT2D eigenvalue weighted by Gasteiger charge is 2.23. The first-order chi connectivity index (χ1) is 14.3. The molecule has 1 amide bonds. The van der Waals surface area contributed by atoms with Gasteiger partial charge in [0.1, 0.15) is 4.21 Å². The number of rotatable bonds is 10. The molecular formula is C21H28N4O3S2. The average Bonchev–Trinajstić information content (AvgIpc) is 3.39. The van der Waals surface area contributed by atoms with E-state index in [1.165, 1.54) is 13.1 Å². The zero-order chi connectivity index (χ0) is 21.7. The molecule has 2 heterocycles. The Balaban J connectivity index is 1.64. The molecule has 0 unspecified atom stereocenters. The van der Waals surface area contributed by atoms with Crippen molar-refractivity contribution in [3.05, 3.63) is 48.0 Å². The molecule has 1 N–H and O–H groups in total. The predicted molar refractivity (Wildman–Crippen MR) is 122 cm³/mol. The molecule has 2 aromatic heterocycles. The molecule has 162 valence electrons. The summed E-state index contributed by atoms with van der Waals surface area (Å²) in [7, 11) is -2.24. The fourth-order valence-corrected chi connectivity index (χ4v) is 5.64. The van der Waals surface area contributed by atoms with Gasteiger partial charge in [-0.1, -0.05) is 19.9 Å². The number of thiophene rings is 1. The molecule has 1 aromatic carbocycles. The van der Waals surface area contributed by atoms with E-state index < -0.39 is 10.0 Å². The SMILES string of the molecule is CCN(CC)CCn1ccc2cc(NC(=O)CN(C)S(=O)(=O)c3cccs3)ccc21. The zero-order valence-corrected chi connectivity index (χ0v) is 19.2. The van der Waals surface area contributed by atoms with Crippen LogP contribution in [0.15, 0.2) is 52.2 Å². The van der Waals surface area contributed by atoms with Gasteiger partial charge in [-0.2, -0.15) is 4.31 Å². The summed E-state index contributed by atoms with van der Waals surface area (Å²) in [6, 6.07) is 11.0. The number of anilines is 1. The fourth-order valence-electron chi connectivity index (χ4n) is 3.31. The predicted octanol–water partition coefficient (Wildman–Crippen LogP) is 3.30. The van der Waals surface area contributed by atoms with Crippen LogP contribution in [0.5, 0.6) is 0 Å². The maximum Gasteiger partial charge on any atom is 0.252 e. The highest BCUT2D eigenvalue weighted by Crippen LogP contribution is 2.22. The summed E-state index contributed by atoms with van der Waals surface area (Å²) < 4.78 is 28.4. The molecule has 0 fully saturated rings. The fraction of sp³-hybridized carbons (Fsp3) is 0.381. The van der Waals surface area contributed by atoms with Gasteiger partial charge >= 0.3 is 0 Å². The van der Waals surface area contributed by atoms with Crippen molar-refractivity contribution in [3.63, 3.8) is 0 Å². The van der Waals surface area contributed by atoms with E-state index in [9.17, 15) is 13.2 Å². The van der Waals surface area contributed by atoms with E-state index in [1.54, 1.807) is 11.4 Å². The van der Waals surface area contributed by atoms with Crippen molar-refractivity contribution in [1.82, 2.24) is 13.8 Å². The van der Waals surface area contributed by atoms with E-state index in [4.69, 9.17) is 0 Å². The second kappa shape index (κ2) is 9.74. The number of hydrogen-bond donors (Lipinski definition) is 1. The number of nitrogens with one attached hydrogen (secondary N) is 1. The van der Waals surface area contributed by atoms with E-state index in [2.05, 4.69) is 34.8 Å². The summed E-state index contributed by atoms with van der Waals surface area (Å²) in [5.74, 6) is -0.377. The van der Waals surface area contributed by atoms with E-state index in [-0.39, 0.29) is 16.7 Å². The largest absolute Gasteiger partial charge is 0.346 e. The Labute approximate surface area is 182 Å². The monoisotopic (exact) mass is 448 g/mol. The second-order valence-corrected chi connectivity index (χ2v) is 10.3. The van der Waals surface area contributed by atoms with E-state index >= 15 is 0 Å². The molecular weight excluding hydrogens is 420 g/mol. The normalized spacial score (nSPS) is 12.2. The van der Waals surface area contributed by atoms with Crippen LogP contribution < -0.4 is 5.32 Å². The van der Waals surface area contributed by atoms with Crippen LogP contribution in [0, 0.1) is 0 Å². The van der Waals surface area contributed by atoms with Gasteiger partial charge in [-0.05, 0) is 48.8 Å². The Morgan fingerprint density at radius 3 is 2.60 bits per heavy atom. The van der Waals surface area contributed by atoms with Gasteiger partial charge in [-0.25, -0.2) is 8.42 Å². The van der Waals surface area contributed by atoms with Crippen molar-refractivity contribution in [2.75, 3.05) is 38.5 Å². The lowest BCUT2D eigenvalue weighted by Gasteiger charge is -2.18. The molecule has 3 aromatic rings. The topological polar surface area (TPSA) is 74.7 Å². The maximum absolute atomic E-state index is 12.5. The summed E-state index contributed by atoms with van der Waals surface area (Å²) in [6.45, 7) is 8.03. The van der Waals surface area contributed by atoms with Crippen LogP contribution in [-0.2, 0) is 21.4 Å². The number of likely N-dealkylation sites (N-methyl/N-ethyl adjacent to an activating group) is 2. The number of sulfonamides is 1. The first-order valence-electron chi connectivity index (χ1n) is 9.96. The Kier molecular flexibility index (Phi) is 7.30. The standard InChI is InChI=1S/C21H28N4O3S2/c1-4-24(5-2)12-13-25-11-10-17-15-18(8-9-19(17)25)22-20(26)16-23(3)30(27,28)21-7-6-14-29-21/h6-11,14-15H,4-5,12-13,16H2,1-3H3,(H,22,26). The lowest BCUT2D eigenvalue weighted by Crippen LogP contribution is -2.34. The van der Waals surface area contributed by atoms with Crippen molar-refractivity contribution < 1.29 is 13.2 Å². The molecule has 0 saturated carbocycles. The number of carbonyl (C=O) groups excluding carboxylic acids is 1. The summed E-state index contributed by atoms with van der Waals surface area (Å²) in [5.41, 5.74) is 1.76. The third kappa shape index (κ3) is 5.10. The molecule has 0 aliphatic carbocycles. The first-order valence-corrected chi connectivity index (χ1v) is 12.3. The lowest BCUT2D eigenvalue weighted by atomic mass is 10.2. The van der Waals surface area contributed by atoms with Crippen LogP contribution in [0.25, 0.3) is 10.9 Å². The van der Waals surface area contributed by atoms with Crippen molar-refractivity contribution >= 4 is 43.9 Å². The third-order valence-electron chi connectivity index (χ3n) is 5.13. The second-order valence-electron chi connectivity index (χ2n) is 7.05. The number of benzene rings is 1. The van der Waals surface area contributed by atoms with Crippen LogP contribution in [0.4, 0.5) is 5.69 Å². The van der Waals surface area contributed by atoms with Gasteiger partial charge < -0.3 is 14.8 Å². The van der Waals surface area contributed by atoms with Gasteiger partial charge in [0.25, 0.3) is 10.0 Å². The molecule has 0 saturated heterocycles. The smallest absolute Gasteiger partial charge is 0.252 e. The molecule has 30 heavy (non-hydrogen) atoms. The van der Waals surface area contributed by atoms with E-state index in [0.717, 1.165) is 52.7 Å². The Morgan fingerprint density at radius 1 is 1.17 bits per heavy atom. The van der Waals surface area contributed by atoms with Crippen molar-refractivity contribution in [2.24, 2.45) is 0 Å². The Hall–Kier alpha value is -2.20. The summed E-state index contributed by atoms with van der Waals surface area (Å²) in [6.07, 6.45) is 2.06. The van der Waals surface area contributed by atoms with Crippen LogP contribution in [0.3, 0.4) is 0 Å². The van der Waals surface area contributed by atoms with Gasteiger partial charge in [0, 0.05) is 42.9 Å². The van der Waals surface area contributed by atoms with Gasteiger partial charge in [0.2, 0.25) is 5.91 Å². The van der Waals surface area contributed by atoms with Crippen LogP contribution >= 0.6 is 11.3 Å². The zero-order valence-electron chi connectivity index (χ0n) is 17.5. The quantitative estimate of drug-likeness (QED) is 0.516. The average molecular weight is 449 g/mol. The number of carbonyl (C=O) groups is 1. The van der Waals surface area contributed by atoms with Gasteiger partial charge in [-0.3, -0.25) is 4.79 Å². The van der Waals surface area contributed by atoms with Crippen molar-refractivity contribution in [1.29, 1.82) is 0 Å². The van der Waals surface area contributed by atoms with Gasteiger partial charge in [0.15, 0.2) is 0 Å². The minimum atomic E-state index is -3.65. The molecule has 0 spiro atoms. The number of amides is 1. The molecule has 3 rings (SSSR count). The highest BCUT2D eigenvalue weighted by atomic mass is 32.2. The molecule has 0 atom stereocenters. The summed E-state index contributed by atoms with van der Waals surface area (Å²) >= 11 is 1.13. The van der Waals surface area contributed by atoms with Crippen molar-refractivity contribution in [3.8, 4) is 0 Å². The van der Waals surface area contributed by atoms with Crippen molar-refractivity contribution in [2.45, 2.75) is 24.6 Å². The molecule has 0 radical (unpaired) electrons.